The summed E-state index contributed by atoms with van der Waals surface area (Å²) in [5.41, 5.74) is 13.8. The van der Waals surface area contributed by atoms with Gasteiger partial charge in [-0.25, -0.2) is 0 Å². The molecule has 2 nitrogen and oxygen atoms in total. The SMILES string of the molecule is Cn1c2c(c3[c]cccc31)-c1ccccc1C2CC1c2ccccc2-c2c1n(C)c1ccc[c]c21. The summed E-state index contributed by atoms with van der Waals surface area (Å²) in [6, 6.07) is 37.9. The third-order valence-electron chi connectivity index (χ3n) is 8.47. The topological polar surface area (TPSA) is 9.86 Å². The van der Waals surface area contributed by atoms with E-state index in [1.165, 1.54) is 66.6 Å². The fourth-order valence-electron chi connectivity index (χ4n) is 7.09. The number of fused-ring (bicyclic) bond motifs is 10. The Labute approximate surface area is 205 Å². The van der Waals surface area contributed by atoms with Crippen LogP contribution in [0.5, 0.6) is 0 Å². The molecule has 0 spiro atoms. The normalized spacial score (nSPS) is 17.5. The fraction of sp³-hybridized carbons (Fsp3) is 0.152. The van der Waals surface area contributed by atoms with Crippen LogP contribution in [0.25, 0.3) is 44.1 Å². The zero-order valence-corrected chi connectivity index (χ0v) is 19.8. The largest absolute Gasteiger partial charge is 0.346 e. The Morgan fingerprint density at radius 2 is 1.06 bits per heavy atom. The quantitative estimate of drug-likeness (QED) is 0.258. The first kappa shape index (κ1) is 19.3. The lowest BCUT2D eigenvalue weighted by Crippen LogP contribution is -2.11. The second-order valence-electron chi connectivity index (χ2n) is 10.0. The van der Waals surface area contributed by atoms with Crippen molar-refractivity contribution in [2.75, 3.05) is 0 Å². The van der Waals surface area contributed by atoms with Crippen LogP contribution >= 0.6 is 0 Å². The zero-order valence-electron chi connectivity index (χ0n) is 19.8. The summed E-state index contributed by atoms with van der Waals surface area (Å²) in [4.78, 5) is 0. The van der Waals surface area contributed by atoms with Crippen molar-refractivity contribution in [1.29, 1.82) is 0 Å². The molecular formula is C33H24N2. The molecule has 2 atom stereocenters. The lowest BCUT2D eigenvalue weighted by atomic mass is 9.85. The van der Waals surface area contributed by atoms with Crippen LogP contribution in [0.3, 0.4) is 0 Å². The highest BCUT2D eigenvalue weighted by Crippen LogP contribution is 2.57. The van der Waals surface area contributed by atoms with E-state index in [2.05, 4.69) is 108 Å². The molecule has 0 saturated carbocycles. The average molecular weight is 449 g/mol. The number of rotatable bonds is 2. The van der Waals surface area contributed by atoms with Gasteiger partial charge in [-0.15, -0.1) is 0 Å². The van der Waals surface area contributed by atoms with Crippen molar-refractivity contribution < 1.29 is 0 Å². The Balaban J connectivity index is 1.38. The van der Waals surface area contributed by atoms with Gasteiger partial charge in [0.15, 0.2) is 0 Å². The number of aryl methyl sites for hydroxylation is 2. The third kappa shape index (κ3) is 2.34. The molecule has 4 aromatic carbocycles. The first-order valence-corrected chi connectivity index (χ1v) is 12.4. The molecule has 0 N–H and O–H groups in total. The Kier molecular flexibility index (Phi) is 3.73. The van der Waals surface area contributed by atoms with Gasteiger partial charge in [0, 0.05) is 70.3 Å². The molecule has 8 rings (SSSR count). The van der Waals surface area contributed by atoms with E-state index in [9.17, 15) is 0 Å². The number of hydrogen-bond acceptors (Lipinski definition) is 0. The predicted octanol–water partition coefficient (Wildman–Crippen LogP) is 7.59. The monoisotopic (exact) mass is 448 g/mol. The molecular weight excluding hydrogens is 424 g/mol. The van der Waals surface area contributed by atoms with E-state index in [-0.39, 0.29) is 0 Å². The fourth-order valence-corrected chi connectivity index (χ4v) is 7.09. The first-order chi connectivity index (χ1) is 17.2. The molecule has 2 heteroatoms. The second-order valence-corrected chi connectivity index (χ2v) is 10.0. The van der Waals surface area contributed by atoms with Gasteiger partial charge in [0.25, 0.3) is 0 Å². The molecule has 0 fully saturated rings. The van der Waals surface area contributed by atoms with Gasteiger partial charge in [-0.2, -0.15) is 0 Å². The maximum Gasteiger partial charge on any atom is 0.0492 e. The van der Waals surface area contributed by atoms with Gasteiger partial charge < -0.3 is 9.13 Å². The number of benzene rings is 4. The van der Waals surface area contributed by atoms with Gasteiger partial charge in [0.2, 0.25) is 0 Å². The van der Waals surface area contributed by atoms with Gasteiger partial charge in [-0.3, -0.25) is 0 Å². The molecule has 166 valence electrons. The van der Waals surface area contributed by atoms with Crippen molar-refractivity contribution in [3.63, 3.8) is 0 Å². The highest BCUT2D eigenvalue weighted by atomic mass is 15.0. The number of aromatic nitrogens is 2. The van der Waals surface area contributed by atoms with E-state index < -0.39 is 0 Å². The van der Waals surface area contributed by atoms with E-state index in [0.717, 1.165) is 6.42 Å². The molecule has 6 aromatic rings. The Morgan fingerprint density at radius 1 is 0.600 bits per heavy atom. The van der Waals surface area contributed by atoms with Crippen LogP contribution in [0.2, 0.25) is 0 Å². The van der Waals surface area contributed by atoms with Crippen molar-refractivity contribution in [3.05, 3.63) is 120 Å². The van der Waals surface area contributed by atoms with Crippen LogP contribution in [-0.4, -0.2) is 9.13 Å². The molecule has 0 aliphatic heterocycles. The minimum atomic E-state index is 0.331. The van der Waals surface area contributed by atoms with E-state index in [0.29, 0.717) is 11.8 Å². The third-order valence-corrected chi connectivity index (χ3v) is 8.47. The molecule has 2 aromatic heterocycles. The van der Waals surface area contributed by atoms with Crippen molar-refractivity contribution in [3.8, 4) is 22.3 Å². The van der Waals surface area contributed by atoms with E-state index in [1.807, 2.05) is 12.1 Å². The van der Waals surface area contributed by atoms with Gasteiger partial charge in [-0.1, -0.05) is 72.8 Å². The van der Waals surface area contributed by atoms with E-state index in [4.69, 9.17) is 0 Å². The van der Waals surface area contributed by atoms with Crippen LogP contribution < -0.4 is 0 Å². The summed E-state index contributed by atoms with van der Waals surface area (Å²) in [6.07, 6.45) is 1.04. The van der Waals surface area contributed by atoms with Crippen LogP contribution in [0, 0.1) is 12.1 Å². The summed E-state index contributed by atoms with van der Waals surface area (Å²) >= 11 is 0. The standard InChI is InChI=1S/C33H24N2/c1-34-28-17-9-7-15-24(28)30-22-13-5-3-11-20(22)26(32(30)34)19-27-21-12-4-6-14-23(21)31-25-16-8-10-18-29(25)35(2)33(27)31/h3-14,17-18,26-27H,19H2,1-2H3. The molecule has 2 heterocycles. The second kappa shape index (κ2) is 6.76. The molecule has 35 heavy (non-hydrogen) atoms. The van der Waals surface area contributed by atoms with Crippen molar-refractivity contribution in [2.24, 2.45) is 14.1 Å². The predicted molar refractivity (Wildman–Crippen MR) is 143 cm³/mol. The van der Waals surface area contributed by atoms with Gasteiger partial charge >= 0.3 is 0 Å². The lowest BCUT2D eigenvalue weighted by Gasteiger charge is -2.22. The average Bonchev–Trinajstić information content (AvgIpc) is 3.59. The Hall–Kier alpha value is -4.04. The molecule has 2 radical (unpaired) electrons. The van der Waals surface area contributed by atoms with Gasteiger partial charge in [-0.05, 0) is 52.9 Å². The van der Waals surface area contributed by atoms with Crippen LogP contribution in [0.15, 0.2) is 84.9 Å². The molecule has 2 aliphatic carbocycles. The highest BCUT2D eigenvalue weighted by molar-refractivity contribution is 6.03. The molecule has 0 bridgehead atoms. The Bertz CT molecular complexity index is 1680. The van der Waals surface area contributed by atoms with E-state index in [1.54, 1.807) is 0 Å². The van der Waals surface area contributed by atoms with E-state index >= 15 is 0 Å². The molecule has 0 amide bonds. The lowest BCUT2D eigenvalue weighted by molar-refractivity contribution is 0.610. The first-order valence-electron chi connectivity index (χ1n) is 12.4. The minimum Gasteiger partial charge on any atom is -0.346 e. The summed E-state index contributed by atoms with van der Waals surface area (Å²) < 4.78 is 4.84. The number of nitrogens with zero attached hydrogens (tertiary/aromatic N) is 2. The Morgan fingerprint density at radius 3 is 1.54 bits per heavy atom. The molecule has 0 saturated heterocycles. The van der Waals surface area contributed by atoms with Crippen molar-refractivity contribution in [2.45, 2.75) is 18.3 Å². The number of hydrogen-bond donors (Lipinski definition) is 0. The summed E-state index contributed by atoms with van der Waals surface area (Å²) in [6.45, 7) is 0. The minimum absolute atomic E-state index is 0.331. The van der Waals surface area contributed by atoms with Gasteiger partial charge in [0.05, 0.1) is 0 Å². The summed E-state index contributed by atoms with van der Waals surface area (Å²) in [5.74, 6) is 0.663. The molecule has 2 aliphatic rings. The summed E-state index contributed by atoms with van der Waals surface area (Å²) in [7, 11) is 4.46. The van der Waals surface area contributed by atoms with Crippen molar-refractivity contribution >= 4 is 21.8 Å². The zero-order chi connectivity index (χ0) is 23.3. The smallest absolute Gasteiger partial charge is 0.0492 e. The summed E-state index contributed by atoms with van der Waals surface area (Å²) in [5, 5.41) is 2.48. The highest BCUT2D eigenvalue weighted by Gasteiger charge is 2.40. The van der Waals surface area contributed by atoms with Crippen LogP contribution in [0.4, 0.5) is 0 Å². The van der Waals surface area contributed by atoms with Crippen LogP contribution in [0.1, 0.15) is 40.8 Å². The molecule has 2 unspecified atom stereocenters. The maximum atomic E-state index is 3.56. The maximum absolute atomic E-state index is 3.56. The van der Waals surface area contributed by atoms with Crippen molar-refractivity contribution in [1.82, 2.24) is 9.13 Å². The van der Waals surface area contributed by atoms with Gasteiger partial charge in [0.1, 0.15) is 0 Å². The van der Waals surface area contributed by atoms with Crippen LogP contribution in [-0.2, 0) is 14.1 Å².